The lowest BCUT2D eigenvalue weighted by atomic mass is 9.98. The first-order valence-electron chi connectivity index (χ1n) is 14.0. The summed E-state index contributed by atoms with van der Waals surface area (Å²) >= 11 is 0. The molecule has 14 nitrogen and oxygen atoms in total. The number of benzene rings is 2. The molecular weight excluding hydrogens is 594 g/mol. The zero-order valence-corrected chi connectivity index (χ0v) is 25.9. The highest BCUT2D eigenvalue weighted by molar-refractivity contribution is 7.89. The average Bonchev–Trinajstić information content (AvgIpc) is 2.98. The van der Waals surface area contributed by atoms with Crippen LogP contribution < -0.4 is 21.3 Å². The van der Waals surface area contributed by atoms with Gasteiger partial charge in [-0.15, -0.1) is 0 Å². The Morgan fingerprint density at radius 3 is 2.48 bits per heavy atom. The molecule has 238 valence electrons. The Bertz CT molecular complexity index is 1700. The van der Waals surface area contributed by atoms with E-state index in [9.17, 15) is 27.6 Å². The average molecular weight is 632 g/mol. The van der Waals surface area contributed by atoms with Crippen molar-refractivity contribution in [2.24, 2.45) is 5.73 Å². The van der Waals surface area contributed by atoms with E-state index in [1.807, 2.05) is 0 Å². The maximum absolute atomic E-state index is 14.1. The van der Waals surface area contributed by atoms with Gasteiger partial charge in [-0.05, 0) is 76.5 Å². The van der Waals surface area contributed by atoms with Crippen LogP contribution in [0.5, 0.6) is 0 Å². The number of aromatic nitrogens is 2. The maximum Gasteiger partial charge on any atom is 0.407 e. The zero-order chi connectivity index (χ0) is 32.4. The molecule has 15 heteroatoms. The Kier molecular flexibility index (Phi) is 12.0. The lowest BCUT2D eigenvalue weighted by Crippen LogP contribution is -2.31. The molecular formula is C29H37N5O9S. The van der Waals surface area contributed by atoms with Crippen molar-refractivity contribution in [1.82, 2.24) is 19.6 Å². The normalized spacial score (nSPS) is 11.3. The number of hydrogen-bond donors (Lipinski definition) is 3. The SMILES string of the molecule is CCOC(=O)c1c(C)cc2nc(COC(=O)NCCOC(=O)CCCCN)n(-c3ccccc3S(=O)(=O)NC)c(=O)c2c1C. The van der Waals surface area contributed by atoms with Crippen LogP contribution >= 0.6 is 0 Å². The number of ether oxygens (including phenoxy) is 3. The first-order valence-corrected chi connectivity index (χ1v) is 15.5. The van der Waals surface area contributed by atoms with Crippen LogP contribution in [0.4, 0.5) is 4.79 Å². The fraction of sp³-hybridized carbons (Fsp3) is 0.414. The summed E-state index contributed by atoms with van der Waals surface area (Å²) in [5.41, 5.74) is 5.91. The molecule has 0 saturated heterocycles. The van der Waals surface area contributed by atoms with Crippen LogP contribution in [0.25, 0.3) is 16.6 Å². The first-order chi connectivity index (χ1) is 21.0. The molecule has 3 aromatic rings. The molecule has 44 heavy (non-hydrogen) atoms. The van der Waals surface area contributed by atoms with Gasteiger partial charge in [-0.2, -0.15) is 0 Å². The number of fused-ring (bicyclic) bond motifs is 1. The maximum atomic E-state index is 14.1. The van der Waals surface area contributed by atoms with Crippen LogP contribution in [0.1, 0.15) is 53.5 Å². The van der Waals surface area contributed by atoms with E-state index in [-0.39, 0.29) is 59.1 Å². The summed E-state index contributed by atoms with van der Waals surface area (Å²) in [7, 11) is -2.82. The second kappa shape index (κ2) is 15.4. The van der Waals surface area contributed by atoms with Crippen molar-refractivity contribution in [3.05, 3.63) is 63.2 Å². The number of rotatable bonds is 14. The molecule has 1 amide bonds. The van der Waals surface area contributed by atoms with E-state index in [2.05, 4.69) is 15.0 Å². The van der Waals surface area contributed by atoms with Gasteiger partial charge in [-0.3, -0.25) is 14.2 Å². The zero-order valence-electron chi connectivity index (χ0n) is 25.1. The van der Waals surface area contributed by atoms with E-state index in [0.717, 1.165) is 4.57 Å². The summed E-state index contributed by atoms with van der Waals surface area (Å²) in [6, 6.07) is 7.32. The third kappa shape index (κ3) is 7.98. The standard InChI is InChI=1S/C29H37N5O9S/c1-5-41-28(37)25-18(2)16-20-26(19(25)3)27(36)34(21-10-6-7-11-22(21)44(39,40)31-4)23(33-20)17-43-29(38)32-14-15-42-24(35)12-8-9-13-30/h6-7,10-11,16,31H,5,8-9,12-15,17,30H2,1-4H3,(H,32,38). The lowest BCUT2D eigenvalue weighted by Gasteiger charge is -2.19. The number of alkyl carbamates (subject to hydrolysis) is 1. The molecule has 1 aromatic heterocycles. The van der Waals surface area contributed by atoms with Crippen molar-refractivity contribution < 1.29 is 37.0 Å². The van der Waals surface area contributed by atoms with Crippen molar-refractivity contribution in [3.8, 4) is 5.69 Å². The predicted molar refractivity (Wildman–Crippen MR) is 161 cm³/mol. The molecule has 0 radical (unpaired) electrons. The van der Waals surface area contributed by atoms with Gasteiger partial charge in [0.2, 0.25) is 10.0 Å². The highest BCUT2D eigenvalue weighted by atomic mass is 32.2. The number of esters is 2. The van der Waals surface area contributed by atoms with Gasteiger partial charge in [-0.25, -0.2) is 27.7 Å². The van der Waals surface area contributed by atoms with E-state index < -0.39 is 40.2 Å². The fourth-order valence-corrected chi connectivity index (χ4v) is 5.48. The van der Waals surface area contributed by atoms with Gasteiger partial charge < -0.3 is 25.3 Å². The number of unbranched alkanes of at least 4 members (excludes halogenated alkanes) is 1. The topological polar surface area (TPSA) is 198 Å². The molecule has 3 rings (SSSR count). The van der Waals surface area contributed by atoms with Gasteiger partial charge in [0.1, 0.15) is 11.5 Å². The van der Waals surface area contributed by atoms with Gasteiger partial charge in [0.05, 0.1) is 35.3 Å². The smallest absolute Gasteiger partial charge is 0.407 e. The van der Waals surface area contributed by atoms with E-state index in [4.69, 9.17) is 19.9 Å². The van der Waals surface area contributed by atoms with E-state index in [1.54, 1.807) is 32.9 Å². The first kappa shape index (κ1) is 34.2. The summed E-state index contributed by atoms with van der Waals surface area (Å²) in [6.07, 6.45) is 0.640. The number of sulfonamides is 1. The van der Waals surface area contributed by atoms with Crippen molar-refractivity contribution >= 4 is 39.0 Å². The van der Waals surface area contributed by atoms with Gasteiger partial charge in [0.25, 0.3) is 5.56 Å². The van der Waals surface area contributed by atoms with E-state index in [1.165, 1.54) is 25.2 Å². The van der Waals surface area contributed by atoms with Crippen molar-refractivity contribution in [2.75, 3.05) is 33.4 Å². The quantitative estimate of drug-likeness (QED) is 0.134. The van der Waals surface area contributed by atoms with Crippen molar-refractivity contribution in [3.63, 3.8) is 0 Å². The van der Waals surface area contributed by atoms with Gasteiger partial charge >= 0.3 is 18.0 Å². The predicted octanol–water partition coefficient (Wildman–Crippen LogP) is 1.99. The minimum atomic E-state index is -4.05. The molecule has 0 aliphatic rings. The van der Waals surface area contributed by atoms with E-state index >= 15 is 0 Å². The molecule has 0 fully saturated rings. The fourth-order valence-electron chi connectivity index (χ4n) is 4.57. The third-order valence-corrected chi connectivity index (χ3v) is 8.09. The highest BCUT2D eigenvalue weighted by Gasteiger charge is 2.25. The monoisotopic (exact) mass is 631 g/mol. The van der Waals surface area contributed by atoms with Gasteiger partial charge in [-0.1, -0.05) is 12.1 Å². The van der Waals surface area contributed by atoms with Crippen LogP contribution in [0.2, 0.25) is 0 Å². The number of nitrogens with zero attached hydrogens (tertiary/aromatic N) is 2. The number of carbonyl (C=O) groups excluding carboxylic acids is 3. The number of hydrogen-bond acceptors (Lipinski definition) is 11. The Balaban J connectivity index is 2.01. The molecule has 0 saturated carbocycles. The second-order valence-electron chi connectivity index (χ2n) is 9.62. The lowest BCUT2D eigenvalue weighted by molar-refractivity contribution is -0.143. The number of para-hydroxylation sites is 1. The summed E-state index contributed by atoms with van der Waals surface area (Å²) in [6.45, 7) is 4.89. The summed E-state index contributed by atoms with van der Waals surface area (Å²) in [5, 5.41) is 2.52. The number of carbonyl (C=O) groups is 3. The third-order valence-electron chi connectivity index (χ3n) is 6.62. The van der Waals surface area contributed by atoms with E-state index in [0.29, 0.717) is 30.5 Å². The molecule has 0 aliphatic heterocycles. The second-order valence-corrected chi connectivity index (χ2v) is 11.5. The van der Waals surface area contributed by atoms with Gasteiger partial charge in [0, 0.05) is 6.42 Å². The summed E-state index contributed by atoms with van der Waals surface area (Å²) in [5.74, 6) is -1.10. The Morgan fingerprint density at radius 2 is 1.80 bits per heavy atom. The van der Waals surface area contributed by atoms with Gasteiger partial charge in [0.15, 0.2) is 12.4 Å². The van der Waals surface area contributed by atoms with Crippen LogP contribution in [0, 0.1) is 13.8 Å². The number of amides is 1. The van der Waals surface area contributed by atoms with Crippen LogP contribution in [-0.4, -0.2) is 69.4 Å². The number of aryl methyl sites for hydroxylation is 2. The molecule has 4 N–H and O–H groups in total. The molecule has 0 aliphatic carbocycles. The molecule has 0 spiro atoms. The molecule has 0 unspecified atom stereocenters. The van der Waals surface area contributed by atoms with Crippen LogP contribution in [-0.2, 0) is 35.6 Å². The Hall–Kier alpha value is -4.34. The molecule has 0 bridgehead atoms. The molecule has 2 aromatic carbocycles. The Labute approximate surface area is 254 Å². The summed E-state index contributed by atoms with van der Waals surface area (Å²) in [4.78, 5) is 55.4. The van der Waals surface area contributed by atoms with Crippen molar-refractivity contribution in [2.45, 2.75) is 51.5 Å². The minimum absolute atomic E-state index is 0.0301. The molecule has 1 heterocycles. The summed E-state index contributed by atoms with van der Waals surface area (Å²) < 4.78 is 44.6. The minimum Gasteiger partial charge on any atom is -0.464 e. The largest absolute Gasteiger partial charge is 0.464 e. The van der Waals surface area contributed by atoms with Crippen LogP contribution in [0.3, 0.4) is 0 Å². The number of nitrogens with one attached hydrogen (secondary N) is 2. The number of nitrogens with two attached hydrogens (primary N) is 1. The highest BCUT2D eigenvalue weighted by Crippen LogP contribution is 2.26. The molecule has 0 atom stereocenters. The van der Waals surface area contributed by atoms with Crippen molar-refractivity contribution in [1.29, 1.82) is 0 Å². The van der Waals surface area contributed by atoms with Crippen LogP contribution in [0.15, 0.2) is 40.0 Å². The Morgan fingerprint density at radius 1 is 1.07 bits per heavy atom.